The van der Waals surface area contributed by atoms with Crippen molar-refractivity contribution in [1.82, 2.24) is 0 Å². The molecule has 0 heteroatoms. The molecular formula is C22H40. The second kappa shape index (κ2) is 5.67. The van der Waals surface area contributed by atoms with Crippen LogP contribution in [-0.2, 0) is 0 Å². The Morgan fingerprint density at radius 3 is 2.23 bits per heavy atom. The van der Waals surface area contributed by atoms with Crippen molar-refractivity contribution in [2.24, 2.45) is 33.5 Å². The Morgan fingerprint density at radius 2 is 1.64 bits per heavy atom. The first-order valence-corrected chi connectivity index (χ1v) is 9.58. The lowest BCUT2D eigenvalue weighted by atomic mass is 9.43. The molecule has 128 valence electrons. The fourth-order valence-electron chi connectivity index (χ4n) is 6.23. The molecule has 0 aromatic heterocycles. The average molecular weight is 305 g/mol. The lowest BCUT2D eigenvalue weighted by Gasteiger charge is -2.62. The molecule has 0 aliphatic heterocycles. The van der Waals surface area contributed by atoms with Crippen molar-refractivity contribution in [3.63, 3.8) is 0 Å². The third-order valence-electron chi connectivity index (χ3n) is 7.72. The highest BCUT2D eigenvalue weighted by molar-refractivity contribution is 5.06. The second-order valence-electron chi connectivity index (χ2n) is 10.7. The van der Waals surface area contributed by atoms with Gasteiger partial charge in [0.2, 0.25) is 0 Å². The largest absolute Gasteiger partial charge is 0.103 e. The summed E-state index contributed by atoms with van der Waals surface area (Å²) in [5, 5.41) is 0. The van der Waals surface area contributed by atoms with Gasteiger partial charge in [-0.25, -0.2) is 0 Å². The molecule has 0 aromatic rings. The highest BCUT2D eigenvalue weighted by Crippen LogP contribution is 2.65. The van der Waals surface area contributed by atoms with Crippen LogP contribution in [0.4, 0.5) is 0 Å². The number of fused-ring (bicyclic) bond motifs is 1. The van der Waals surface area contributed by atoms with Gasteiger partial charge in [-0.05, 0) is 72.0 Å². The van der Waals surface area contributed by atoms with Crippen LogP contribution in [0.2, 0.25) is 0 Å². The van der Waals surface area contributed by atoms with Crippen LogP contribution in [0.1, 0.15) is 93.4 Å². The fourth-order valence-corrected chi connectivity index (χ4v) is 6.23. The summed E-state index contributed by atoms with van der Waals surface area (Å²) in [6, 6.07) is 0. The van der Waals surface area contributed by atoms with E-state index in [-0.39, 0.29) is 5.41 Å². The van der Waals surface area contributed by atoms with Crippen molar-refractivity contribution in [2.45, 2.75) is 93.4 Å². The van der Waals surface area contributed by atoms with Gasteiger partial charge in [-0.3, -0.25) is 0 Å². The Balaban J connectivity index is 2.28. The van der Waals surface area contributed by atoms with E-state index in [1.807, 2.05) is 0 Å². The summed E-state index contributed by atoms with van der Waals surface area (Å²) in [6.45, 7) is 21.6. The van der Waals surface area contributed by atoms with Gasteiger partial charge in [-0.15, -0.1) is 6.58 Å². The molecule has 0 N–H and O–H groups in total. The zero-order valence-corrected chi connectivity index (χ0v) is 16.4. The fraction of sp³-hybridized carbons (Fsp3) is 0.909. The van der Waals surface area contributed by atoms with E-state index in [1.165, 1.54) is 44.9 Å². The molecule has 0 heterocycles. The summed E-state index contributed by atoms with van der Waals surface area (Å²) >= 11 is 0. The normalized spacial score (nSPS) is 37.4. The maximum Gasteiger partial charge on any atom is -0.0177 e. The van der Waals surface area contributed by atoms with Crippen LogP contribution in [0.25, 0.3) is 0 Å². The highest BCUT2D eigenvalue weighted by Gasteiger charge is 2.56. The van der Waals surface area contributed by atoms with Gasteiger partial charge >= 0.3 is 0 Å². The Morgan fingerprint density at radius 1 is 1.00 bits per heavy atom. The van der Waals surface area contributed by atoms with Gasteiger partial charge in [0.15, 0.2) is 0 Å². The van der Waals surface area contributed by atoms with E-state index in [0.717, 1.165) is 11.8 Å². The van der Waals surface area contributed by atoms with E-state index in [1.54, 1.807) is 0 Å². The van der Waals surface area contributed by atoms with Crippen molar-refractivity contribution >= 4 is 0 Å². The topological polar surface area (TPSA) is 0 Å². The van der Waals surface area contributed by atoms with Gasteiger partial charge in [0, 0.05) is 0 Å². The van der Waals surface area contributed by atoms with Crippen LogP contribution in [0.5, 0.6) is 0 Å². The SMILES string of the molecule is C=CC(C)(C)CC[C@H]1C(C)(C)CC[C@H]2C(C)(C)CCC[C@@]21C. The predicted octanol–water partition coefficient (Wildman–Crippen LogP) is 7.25. The standard InChI is InChI=1S/C22H40/c1-9-19(2,3)15-11-17-21(6,7)16-12-18-20(4,5)13-10-14-22(17,18)8/h9,17-18H,1,10-16H2,2-8H3/t17-,18-,22+/m0/s1. The molecular weight excluding hydrogens is 264 g/mol. The Kier molecular flexibility index (Phi) is 4.66. The number of hydrogen-bond acceptors (Lipinski definition) is 0. The molecule has 2 rings (SSSR count). The maximum atomic E-state index is 4.05. The first-order chi connectivity index (χ1) is 9.95. The van der Waals surface area contributed by atoms with Crippen LogP contribution in [0.15, 0.2) is 12.7 Å². The zero-order valence-electron chi connectivity index (χ0n) is 16.4. The van der Waals surface area contributed by atoms with E-state index in [0.29, 0.717) is 16.2 Å². The van der Waals surface area contributed by atoms with E-state index in [9.17, 15) is 0 Å². The maximum absolute atomic E-state index is 4.05. The molecule has 0 amide bonds. The van der Waals surface area contributed by atoms with Crippen LogP contribution in [0, 0.1) is 33.5 Å². The van der Waals surface area contributed by atoms with E-state index < -0.39 is 0 Å². The number of rotatable bonds is 4. The second-order valence-corrected chi connectivity index (χ2v) is 10.7. The predicted molar refractivity (Wildman–Crippen MR) is 98.9 cm³/mol. The van der Waals surface area contributed by atoms with Crippen LogP contribution >= 0.6 is 0 Å². The third-order valence-corrected chi connectivity index (χ3v) is 7.72. The minimum atomic E-state index is 0.281. The molecule has 2 aliphatic rings. The van der Waals surface area contributed by atoms with Gasteiger partial charge in [0.05, 0.1) is 0 Å². The molecule has 3 atom stereocenters. The summed E-state index contributed by atoms with van der Waals surface area (Å²) in [5.41, 5.74) is 1.86. The third kappa shape index (κ3) is 3.17. The molecule has 2 aliphatic carbocycles. The lowest BCUT2D eigenvalue weighted by molar-refractivity contribution is -0.127. The van der Waals surface area contributed by atoms with E-state index in [4.69, 9.17) is 0 Å². The first kappa shape index (κ1) is 18.1. The minimum absolute atomic E-state index is 0.281. The van der Waals surface area contributed by atoms with Crippen LogP contribution < -0.4 is 0 Å². The van der Waals surface area contributed by atoms with E-state index in [2.05, 4.69) is 61.1 Å². The Bertz CT molecular complexity index is 412. The zero-order chi connectivity index (χ0) is 16.8. The van der Waals surface area contributed by atoms with Crippen molar-refractivity contribution in [2.75, 3.05) is 0 Å². The summed E-state index contributed by atoms with van der Waals surface area (Å²) < 4.78 is 0. The molecule has 0 spiro atoms. The summed E-state index contributed by atoms with van der Waals surface area (Å²) in [5.74, 6) is 1.77. The van der Waals surface area contributed by atoms with Gasteiger partial charge in [-0.1, -0.05) is 61.0 Å². The molecule has 0 aromatic carbocycles. The van der Waals surface area contributed by atoms with E-state index >= 15 is 0 Å². The molecule has 0 unspecified atom stereocenters. The van der Waals surface area contributed by atoms with Gasteiger partial charge in [-0.2, -0.15) is 0 Å². The van der Waals surface area contributed by atoms with Crippen molar-refractivity contribution in [3.05, 3.63) is 12.7 Å². The summed E-state index contributed by atoms with van der Waals surface area (Å²) in [4.78, 5) is 0. The monoisotopic (exact) mass is 304 g/mol. The Hall–Kier alpha value is -0.260. The van der Waals surface area contributed by atoms with Crippen LogP contribution in [0.3, 0.4) is 0 Å². The molecule has 2 saturated carbocycles. The molecule has 0 nitrogen and oxygen atoms in total. The number of allylic oxidation sites excluding steroid dienone is 1. The smallest absolute Gasteiger partial charge is 0.0177 e. The first-order valence-electron chi connectivity index (χ1n) is 9.58. The van der Waals surface area contributed by atoms with Crippen molar-refractivity contribution in [1.29, 1.82) is 0 Å². The molecule has 22 heavy (non-hydrogen) atoms. The Labute approximate surface area is 140 Å². The molecule has 0 radical (unpaired) electrons. The van der Waals surface area contributed by atoms with Gasteiger partial charge in [0.25, 0.3) is 0 Å². The molecule has 0 bridgehead atoms. The summed E-state index contributed by atoms with van der Waals surface area (Å²) in [6.07, 6.45) is 12.0. The van der Waals surface area contributed by atoms with Gasteiger partial charge < -0.3 is 0 Å². The van der Waals surface area contributed by atoms with Crippen molar-refractivity contribution < 1.29 is 0 Å². The molecule has 0 saturated heterocycles. The minimum Gasteiger partial charge on any atom is -0.103 e. The average Bonchev–Trinajstić information content (AvgIpc) is 2.35. The number of hydrogen-bond donors (Lipinski definition) is 0. The van der Waals surface area contributed by atoms with Gasteiger partial charge in [0.1, 0.15) is 0 Å². The van der Waals surface area contributed by atoms with Crippen LogP contribution in [-0.4, -0.2) is 0 Å². The highest BCUT2D eigenvalue weighted by atomic mass is 14.6. The summed E-state index contributed by atoms with van der Waals surface area (Å²) in [7, 11) is 0. The lowest BCUT2D eigenvalue weighted by Crippen LogP contribution is -2.54. The van der Waals surface area contributed by atoms with Crippen molar-refractivity contribution in [3.8, 4) is 0 Å². The molecule has 2 fully saturated rings. The quantitative estimate of drug-likeness (QED) is 0.480.